The summed E-state index contributed by atoms with van der Waals surface area (Å²) in [6.07, 6.45) is 20.0. The van der Waals surface area contributed by atoms with Crippen LogP contribution in [0.5, 0.6) is 0 Å². The first kappa shape index (κ1) is 23.7. The van der Waals surface area contributed by atoms with Gasteiger partial charge in [0.15, 0.2) is 0 Å². The molecule has 0 radical (unpaired) electrons. The number of carboxylic acid groups (broad SMARTS) is 1. The summed E-state index contributed by atoms with van der Waals surface area (Å²) in [6, 6.07) is 9.57. The van der Waals surface area contributed by atoms with Gasteiger partial charge in [0.1, 0.15) is 0 Å². The number of nitrogens with one attached hydrogen (secondary N) is 1. The lowest BCUT2D eigenvalue weighted by molar-refractivity contribution is -0.137. The van der Waals surface area contributed by atoms with Crippen molar-refractivity contribution in [3.63, 3.8) is 0 Å². The van der Waals surface area contributed by atoms with Crippen LogP contribution in [-0.4, -0.2) is 17.0 Å². The molecule has 0 atom stereocenters. The van der Waals surface area contributed by atoms with Crippen molar-refractivity contribution in [2.24, 2.45) is 0 Å². The number of benzene rings is 1. The predicted octanol–water partition coefficient (Wildman–Crippen LogP) is 6.50. The number of aliphatic carboxylic acids is 1. The van der Waals surface area contributed by atoms with Gasteiger partial charge in [-0.15, -0.1) is 0 Å². The molecular weight excluding hydrogens is 350 g/mol. The summed E-state index contributed by atoms with van der Waals surface area (Å²) in [5.74, 6) is -0.607. The number of hydrogen-bond donors (Lipinski definition) is 2. The van der Waals surface area contributed by atoms with E-state index in [9.17, 15) is 9.59 Å². The van der Waals surface area contributed by atoms with Gasteiger partial charge in [0.2, 0.25) is 5.91 Å². The Balaban J connectivity index is 1.88. The number of carbonyl (C=O) groups excluding carboxylic acids is 1. The fourth-order valence-electron chi connectivity index (χ4n) is 2.87. The molecule has 4 heteroatoms. The van der Waals surface area contributed by atoms with Gasteiger partial charge in [-0.2, -0.15) is 0 Å². The second-order valence-corrected chi connectivity index (χ2v) is 7.04. The van der Waals surface area contributed by atoms with E-state index in [-0.39, 0.29) is 5.91 Å². The van der Waals surface area contributed by atoms with E-state index < -0.39 is 5.97 Å². The Bertz CT molecular complexity index is 593. The van der Waals surface area contributed by atoms with Crippen LogP contribution < -0.4 is 5.32 Å². The zero-order chi connectivity index (χ0) is 20.3. The predicted molar refractivity (Wildman–Crippen MR) is 116 cm³/mol. The van der Waals surface area contributed by atoms with E-state index in [1.165, 1.54) is 12.8 Å². The van der Waals surface area contributed by atoms with Gasteiger partial charge in [0, 0.05) is 18.5 Å². The normalized spacial score (nSPS) is 11.3. The minimum absolute atomic E-state index is 0.0833. The third-order valence-electron chi connectivity index (χ3n) is 4.45. The molecule has 0 saturated heterocycles. The van der Waals surface area contributed by atoms with Gasteiger partial charge in [-0.3, -0.25) is 9.59 Å². The Morgan fingerprint density at radius 3 is 2.00 bits per heavy atom. The fraction of sp³-hybridized carbons (Fsp3) is 0.500. The van der Waals surface area contributed by atoms with Crippen LogP contribution in [0.4, 0.5) is 5.69 Å². The molecule has 0 aliphatic heterocycles. The van der Waals surface area contributed by atoms with Gasteiger partial charge >= 0.3 is 5.97 Å². The van der Waals surface area contributed by atoms with E-state index in [1.54, 1.807) is 0 Å². The molecule has 1 aromatic rings. The van der Waals surface area contributed by atoms with Crippen LogP contribution in [0.3, 0.4) is 0 Å². The van der Waals surface area contributed by atoms with E-state index in [2.05, 4.69) is 29.6 Å². The number of carboxylic acids is 1. The molecule has 0 aromatic heterocycles. The fourth-order valence-corrected chi connectivity index (χ4v) is 2.87. The first-order valence-corrected chi connectivity index (χ1v) is 10.5. The minimum Gasteiger partial charge on any atom is -0.481 e. The highest BCUT2D eigenvalue weighted by Gasteiger charge is 2.00. The minimum atomic E-state index is -0.690. The standard InChI is InChI=1S/C24H35NO3/c26-23(25-22-18-14-13-15-19-22)20-16-11-9-7-5-3-1-2-4-6-8-10-12-17-21-24(27)28/h1-2,5,7,13-15,18-19H,3-4,6,8-12,16-17,20-21H2,(H,25,26)(H,27,28). The quantitative estimate of drug-likeness (QED) is 0.252. The van der Waals surface area contributed by atoms with Gasteiger partial charge < -0.3 is 10.4 Å². The van der Waals surface area contributed by atoms with E-state index in [0.717, 1.165) is 57.1 Å². The number of allylic oxidation sites excluding steroid dienone is 4. The monoisotopic (exact) mass is 385 g/mol. The molecule has 4 nitrogen and oxygen atoms in total. The van der Waals surface area contributed by atoms with Crippen LogP contribution in [0, 0.1) is 0 Å². The topological polar surface area (TPSA) is 66.4 Å². The van der Waals surface area contributed by atoms with Crippen molar-refractivity contribution in [2.45, 2.75) is 77.0 Å². The Hall–Kier alpha value is -2.36. The van der Waals surface area contributed by atoms with Crippen LogP contribution >= 0.6 is 0 Å². The molecule has 2 N–H and O–H groups in total. The lowest BCUT2D eigenvalue weighted by Crippen LogP contribution is -2.10. The van der Waals surface area contributed by atoms with E-state index in [0.29, 0.717) is 12.8 Å². The van der Waals surface area contributed by atoms with Crippen molar-refractivity contribution in [1.82, 2.24) is 0 Å². The number of unbranched alkanes of at least 4 members (excludes halogenated alkanes) is 7. The first-order chi connectivity index (χ1) is 13.7. The smallest absolute Gasteiger partial charge is 0.303 e. The maximum atomic E-state index is 11.8. The van der Waals surface area contributed by atoms with E-state index in [1.807, 2.05) is 30.3 Å². The average Bonchev–Trinajstić information content (AvgIpc) is 2.68. The van der Waals surface area contributed by atoms with Crippen LogP contribution in [-0.2, 0) is 9.59 Å². The molecular formula is C24H35NO3. The van der Waals surface area contributed by atoms with E-state index in [4.69, 9.17) is 5.11 Å². The summed E-state index contributed by atoms with van der Waals surface area (Å²) in [5.41, 5.74) is 0.859. The maximum absolute atomic E-state index is 11.8. The Morgan fingerprint density at radius 1 is 0.750 bits per heavy atom. The molecule has 0 bridgehead atoms. The zero-order valence-electron chi connectivity index (χ0n) is 16.9. The van der Waals surface area contributed by atoms with Crippen LogP contribution in [0.1, 0.15) is 77.0 Å². The first-order valence-electron chi connectivity index (χ1n) is 10.5. The molecule has 154 valence electrons. The summed E-state index contributed by atoms with van der Waals surface area (Å²) in [5, 5.41) is 11.5. The van der Waals surface area contributed by atoms with Crippen LogP contribution in [0.15, 0.2) is 54.6 Å². The number of anilines is 1. The molecule has 0 spiro atoms. The number of carbonyl (C=O) groups is 2. The van der Waals surface area contributed by atoms with Crippen molar-refractivity contribution in [3.8, 4) is 0 Å². The lowest BCUT2D eigenvalue weighted by atomic mass is 10.1. The molecule has 28 heavy (non-hydrogen) atoms. The van der Waals surface area contributed by atoms with Gasteiger partial charge in [0.25, 0.3) is 0 Å². The number of hydrogen-bond acceptors (Lipinski definition) is 2. The largest absolute Gasteiger partial charge is 0.481 e. The Morgan fingerprint density at radius 2 is 1.32 bits per heavy atom. The summed E-state index contributed by atoms with van der Waals surface area (Å²) >= 11 is 0. The highest BCUT2D eigenvalue weighted by Crippen LogP contribution is 2.09. The Labute approximate surface area is 169 Å². The van der Waals surface area contributed by atoms with Gasteiger partial charge in [-0.25, -0.2) is 0 Å². The van der Waals surface area contributed by atoms with Crippen molar-refractivity contribution >= 4 is 17.6 Å². The molecule has 0 unspecified atom stereocenters. The second kappa shape index (κ2) is 16.8. The molecule has 1 rings (SSSR count). The van der Waals surface area contributed by atoms with Crippen LogP contribution in [0.25, 0.3) is 0 Å². The molecule has 0 heterocycles. The summed E-state index contributed by atoms with van der Waals surface area (Å²) in [7, 11) is 0. The summed E-state index contributed by atoms with van der Waals surface area (Å²) in [6.45, 7) is 0. The number of rotatable bonds is 16. The molecule has 0 aliphatic carbocycles. The second-order valence-electron chi connectivity index (χ2n) is 7.04. The summed E-state index contributed by atoms with van der Waals surface area (Å²) < 4.78 is 0. The third kappa shape index (κ3) is 14.8. The van der Waals surface area contributed by atoms with E-state index >= 15 is 0 Å². The lowest BCUT2D eigenvalue weighted by Gasteiger charge is -2.04. The SMILES string of the molecule is O=C(O)CCCCCCCC=CCC=CCCCCC(=O)Nc1ccccc1. The van der Waals surface area contributed by atoms with Gasteiger partial charge in [0.05, 0.1) is 0 Å². The van der Waals surface area contributed by atoms with Gasteiger partial charge in [-0.05, 0) is 57.1 Å². The third-order valence-corrected chi connectivity index (χ3v) is 4.45. The number of para-hydroxylation sites is 1. The zero-order valence-corrected chi connectivity index (χ0v) is 16.9. The van der Waals surface area contributed by atoms with Crippen molar-refractivity contribution in [1.29, 1.82) is 0 Å². The summed E-state index contributed by atoms with van der Waals surface area (Å²) in [4.78, 5) is 22.2. The van der Waals surface area contributed by atoms with Crippen molar-refractivity contribution in [3.05, 3.63) is 54.6 Å². The molecule has 1 aromatic carbocycles. The number of amides is 1. The average molecular weight is 386 g/mol. The van der Waals surface area contributed by atoms with Crippen molar-refractivity contribution < 1.29 is 14.7 Å². The molecule has 0 saturated carbocycles. The highest BCUT2D eigenvalue weighted by atomic mass is 16.4. The molecule has 1 amide bonds. The van der Waals surface area contributed by atoms with Gasteiger partial charge in [-0.1, -0.05) is 61.8 Å². The highest BCUT2D eigenvalue weighted by molar-refractivity contribution is 5.90. The van der Waals surface area contributed by atoms with Crippen LogP contribution in [0.2, 0.25) is 0 Å². The molecule has 0 fully saturated rings. The molecule has 0 aliphatic rings. The van der Waals surface area contributed by atoms with Crippen molar-refractivity contribution in [2.75, 3.05) is 5.32 Å². The Kier molecular flexibility index (Phi) is 14.2. The maximum Gasteiger partial charge on any atom is 0.303 e.